The lowest BCUT2D eigenvalue weighted by Crippen LogP contribution is -2.22. The summed E-state index contributed by atoms with van der Waals surface area (Å²) in [7, 11) is -3.74. The monoisotopic (exact) mass is 327 g/mol. The van der Waals surface area contributed by atoms with Crippen LogP contribution in [0.1, 0.15) is 0 Å². The molecule has 116 valence electrons. The van der Waals surface area contributed by atoms with Crippen LogP contribution >= 0.6 is 0 Å². The molecule has 4 N–H and O–H groups in total. The quantitative estimate of drug-likeness (QED) is 0.437. The van der Waals surface area contributed by atoms with E-state index in [0.29, 0.717) is 0 Å². The lowest BCUT2D eigenvalue weighted by molar-refractivity contribution is 0.596. The molecule has 2 aromatic carbocycles. The minimum atomic E-state index is -3.74. The van der Waals surface area contributed by atoms with Gasteiger partial charge in [0.15, 0.2) is 5.84 Å². The Morgan fingerprint density at radius 2 is 1.74 bits per heavy atom. The summed E-state index contributed by atoms with van der Waals surface area (Å²) < 4.78 is 25.4. The Hall–Kier alpha value is -3.18. The molecule has 0 aliphatic rings. The number of nitriles is 1. The smallest absolute Gasteiger partial charge is 0.208 e. The second-order valence-corrected chi connectivity index (χ2v) is 6.33. The van der Waals surface area contributed by atoms with Gasteiger partial charge in [0.25, 0.3) is 0 Å². The van der Waals surface area contributed by atoms with Gasteiger partial charge in [-0.2, -0.15) is 10.4 Å². The zero-order chi connectivity index (χ0) is 16.9. The van der Waals surface area contributed by atoms with E-state index in [9.17, 15) is 8.42 Å². The summed E-state index contributed by atoms with van der Waals surface area (Å²) in [5, 5.41) is 19.7. The van der Waals surface area contributed by atoms with Gasteiger partial charge in [0, 0.05) is 0 Å². The first kappa shape index (κ1) is 16.2. The normalized spacial score (nSPS) is 11.5. The fourth-order valence-electron chi connectivity index (χ4n) is 1.78. The van der Waals surface area contributed by atoms with E-state index in [0.717, 1.165) is 0 Å². The van der Waals surface area contributed by atoms with Crippen LogP contribution in [0.2, 0.25) is 0 Å². The predicted octanol–water partition coefficient (Wildman–Crippen LogP) is 1.75. The Labute approximate surface area is 133 Å². The number of nitrogens with zero attached hydrogens (tertiary/aromatic N) is 2. The van der Waals surface area contributed by atoms with Crippen LogP contribution in [0.4, 0.5) is 5.69 Å². The standard InChI is InChI=1S/C15H13N5O2S/c16-10-13(15(17)18)20-19-12-8-4-5-9-14(12)23(21,22)11-6-2-1-3-7-11/h1-9,19H,(H3,17,18)/b20-13+. The average Bonchev–Trinajstić information content (AvgIpc) is 2.56. The molecule has 0 aromatic heterocycles. The molecule has 2 rings (SSSR count). The largest absolute Gasteiger partial charge is 0.382 e. The fraction of sp³-hybridized carbons (Fsp3) is 0. The van der Waals surface area contributed by atoms with Gasteiger partial charge in [-0.05, 0) is 24.3 Å². The first-order valence-electron chi connectivity index (χ1n) is 6.44. The number of benzene rings is 2. The molecule has 7 nitrogen and oxygen atoms in total. The molecule has 0 unspecified atom stereocenters. The second kappa shape index (κ2) is 6.72. The topological polar surface area (TPSA) is 132 Å². The highest BCUT2D eigenvalue weighted by molar-refractivity contribution is 7.91. The number of anilines is 1. The number of hydrazone groups is 1. The molecular weight excluding hydrogens is 314 g/mol. The third kappa shape index (κ3) is 3.53. The third-order valence-electron chi connectivity index (χ3n) is 2.88. The molecule has 0 heterocycles. The van der Waals surface area contributed by atoms with Gasteiger partial charge in [0.05, 0.1) is 15.5 Å². The molecule has 0 saturated carbocycles. The molecule has 0 aliphatic carbocycles. The Balaban J connectivity index is 2.47. The van der Waals surface area contributed by atoms with Crippen molar-refractivity contribution in [2.45, 2.75) is 9.79 Å². The average molecular weight is 327 g/mol. The van der Waals surface area contributed by atoms with Gasteiger partial charge in [-0.25, -0.2) is 8.42 Å². The van der Waals surface area contributed by atoms with Gasteiger partial charge >= 0.3 is 0 Å². The second-order valence-electron chi connectivity index (χ2n) is 4.41. The first-order chi connectivity index (χ1) is 11.0. The number of rotatable bonds is 5. The molecule has 23 heavy (non-hydrogen) atoms. The first-order valence-corrected chi connectivity index (χ1v) is 7.92. The Morgan fingerprint density at radius 1 is 1.13 bits per heavy atom. The summed E-state index contributed by atoms with van der Waals surface area (Å²) in [6, 6.07) is 15.8. The highest BCUT2D eigenvalue weighted by atomic mass is 32.2. The highest BCUT2D eigenvalue weighted by Crippen LogP contribution is 2.27. The van der Waals surface area contributed by atoms with Crippen molar-refractivity contribution < 1.29 is 8.42 Å². The maximum atomic E-state index is 12.7. The SMILES string of the molecule is N#C/C(=N\Nc1ccccc1S(=O)(=O)c1ccccc1)C(=N)N. The van der Waals surface area contributed by atoms with Crippen molar-refractivity contribution in [1.82, 2.24) is 0 Å². The molecule has 8 heteroatoms. The number of amidine groups is 1. The molecule has 0 bridgehead atoms. The van der Waals surface area contributed by atoms with E-state index in [2.05, 4.69) is 10.5 Å². The van der Waals surface area contributed by atoms with Crippen LogP contribution < -0.4 is 11.2 Å². The molecule has 0 atom stereocenters. The molecule has 0 fully saturated rings. The van der Waals surface area contributed by atoms with Crippen molar-refractivity contribution >= 4 is 27.1 Å². The van der Waals surface area contributed by atoms with E-state index in [1.54, 1.807) is 36.4 Å². The maximum Gasteiger partial charge on any atom is 0.208 e. The Morgan fingerprint density at radius 3 is 2.35 bits per heavy atom. The number of hydrogen-bond acceptors (Lipinski definition) is 6. The van der Waals surface area contributed by atoms with Crippen molar-refractivity contribution in [1.29, 1.82) is 10.7 Å². The van der Waals surface area contributed by atoms with Gasteiger partial charge in [-0.1, -0.05) is 30.3 Å². The van der Waals surface area contributed by atoms with Crippen LogP contribution in [0.3, 0.4) is 0 Å². The van der Waals surface area contributed by atoms with E-state index in [-0.39, 0.29) is 21.2 Å². The van der Waals surface area contributed by atoms with E-state index >= 15 is 0 Å². The Bertz CT molecular complexity index is 899. The molecule has 0 radical (unpaired) electrons. The van der Waals surface area contributed by atoms with Crippen LogP contribution in [-0.4, -0.2) is 20.0 Å². The van der Waals surface area contributed by atoms with Crippen molar-refractivity contribution in [3.8, 4) is 6.07 Å². The lowest BCUT2D eigenvalue weighted by Gasteiger charge is -2.10. The molecule has 0 aliphatic heterocycles. The summed E-state index contributed by atoms with van der Waals surface area (Å²) in [5.74, 6) is -0.511. The van der Waals surface area contributed by atoms with Gasteiger partial charge in [-0.15, -0.1) is 0 Å². The van der Waals surface area contributed by atoms with Gasteiger partial charge < -0.3 is 5.73 Å². The van der Waals surface area contributed by atoms with Gasteiger partial charge in [0.1, 0.15) is 6.07 Å². The summed E-state index contributed by atoms with van der Waals surface area (Å²) in [6.45, 7) is 0. The van der Waals surface area contributed by atoms with Crippen LogP contribution in [0.5, 0.6) is 0 Å². The predicted molar refractivity (Wildman–Crippen MR) is 86.9 cm³/mol. The maximum absolute atomic E-state index is 12.7. The van der Waals surface area contributed by atoms with E-state index < -0.39 is 15.7 Å². The number of para-hydroxylation sites is 1. The van der Waals surface area contributed by atoms with Crippen molar-refractivity contribution in [2.24, 2.45) is 10.8 Å². The molecule has 0 saturated heterocycles. The summed E-state index contributed by atoms with van der Waals surface area (Å²) in [5.41, 5.74) is 7.53. The highest BCUT2D eigenvalue weighted by Gasteiger charge is 2.20. The van der Waals surface area contributed by atoms with Gasteiger partial charge in [-0.3, -0.25) is 10.8 Å². The van der Waals surface area contributed by atoms with E-state index in [1.165, 1.54) is 24.3 Å². The van der Waals surface area contributed by atoms with Crippen LogP contribution in [0, 0.1) is 16.7 Å². The minimum Gasteiger partial charge on any atom is -0.382 e. The van der Waals surface area contributed by atoms with E-state index in [4.69, 9.17) is 16.4 Å². The number of sulfone groups is 1. The van der Waals surface area contributed by atoms with Crippen molar-refractivity contribution in [3.63, 3.8) is 0 Å². The fourth-order valence-corrected chi connectivity index (χ4v) is 3.21. The summed E-state index contributed by atoms with van der Waals surface area (Å²) >= 11 is 0. The molecule has 0 spiro atoms. The van der Waals surface area contributed by atoms with Crippen LogP contribution in [0.25, 0.3) is 0 Å². The van der Waals surface area contributed by atoms with Gasteiger partial charge in [0.2, 0.25) is 15.5 Å². The lowest BCUT2D eigenvalue weighted by atomic mass is 10.3. The molecule has 2 aromatic rings. The zero-order valence-electron chi connectivity index (χ0n) is 11.9. The van der Waals surface area contributed by atoms with E-state index in [1.807, 2.05) is 0 Å². The zero-order valence-corrected chi connectivity index (χ0v) is 12.7. The van der Waals surface area contributed by atoms with Crippen LogP contribution in [0.15, 0.2) is 69.5 Å². The Kier molecular flexibility index (Phi) is 4.73. The molecule has 0 amide bonds. The van der Waals surface area contributed by atoms with Crippen molar-refractivity contribution in [3.05, 3.63) is 54.6 Å². The van der Waals surface area contributed by atoms with Crippen molar-refractivity contribution in [2.75, 3.05) is 5.43 Å². The van der Waals surface area contributed by atoms with Crippen LogP contribution in [-0.2, 0) is 9.84 Å². The number of nitrogens with two attached hydrogens (primary N) is 1. The molecular formula is C15H13N5O2S. The number of nitrogens with one attached hydrogen (secondary N) is 2. The summed E-state index contributed by atoms with van der Waals surface area (Å²) in [6.07, 6.45) is 0. The third-order valence-corrected chi connectivity index (χ3v) is 4.71. The summed E-state index contributed by atoms with van der Waals surface area (Å²) in [4.78, 5) is 0.154. The minimum absolute atomic E-state index is 0.00999. The number of hydrogen-bond donors (Lipinski definition) is 3.